The van der Waals surface area contributed by atoms with Crippen molar-refractivity contribution < 1.29 is 5.48 Å². The summed E-state index contributed by atoms with van der Waals surface area (Å²) in [6.45, 7) is 2.23. The molecule has 7 heteroatoms. The molecule has 1 fully saturated rings. The van der Waals surface area contributed by atoms with E-state index in [9.17, 15) is 0 Å². The van der Waals surface area contributed by atoms with Crippen LogP contribution < -0.4 is 10.6 Å². The van der Waals surface area contributed by atoms with Gasteiger partial charge in [0.25, 0.3) is 0 Å². The third kappa shape index (κ3) is 4.24. The highest BCUT2D eigenvalue weighted by Crippen LogP contribution is 2.19. The molecule has 19 heavy (non-hydrogen) atoms. The van der Waals surface area contributed by atoms with Crippen molar-refractivity contribution in [3.05, 3.63) is 24.4 Å². The van der Waals surface area contributed by atoms with Crippen molar-refractivity contribution >= 4 is 41.4 Å². The van der Waals surface area contributed by atoms with Crippen LogP contribution in [0, 0.1) is 0 Å². The Balaban J connectivity index is 0.00000108. The number of rotatable bonds is 2. The Morgan fingerprint density at radius 3 is 2.63 bits per heavy atom. The smallest absolute Gasteiger partial charge is 0.0651 e. The van der Waals surface area contributed by atoms with Gasteiger partial charge in [-0.15, -0.1) is 24.8 Å². The third-order valence-corrected chi connectivity index (χ3v) is 3.15. The molecule has 0 amide bonds. The van der Waals surface area contributed by atoms with Gasteiger partial charge < -0.3 is 16.1 Å². The number of nitrogens with one attached hydrogen (secondary N) is 3. The lowest BCUT2D eigenvalue weighted by atomic mass is 10.1. The number of nitrogens with zero attached hydrogens (tertiary/aromatic N) is 1. The minimum absolute atomic E-state index is 0. The largest absolute Gasteiger partial charge is 0.412 e. The Labute approximate surface area is 124 Å². The molecule has 1 saturated heterocycles. The van der Waals surface area contributed by atoms with Gasteiger partial charge in [0.05, 0.1) is 11.7 Å². The molecule has 3 rings (SSSR count). The average Bonchev–Trinajstić information content (AvgIpc) is 2.77. The van der Waals surface area contributed by atoms with Crippen LogP contribution in [0.4, 0.5) is 5.69 Å². The van der Waals surface area contributed by atoms with Crippen LogP contribution in [-0.2, 0) is 0 Å². The predicted molar refractivity (Wildman–Crippen MR) is 83.7 cm³/mol. The molecule has 0 aliphatic carbocycles. The van der Waals surface area contributed by atoms with E-state index < -0.39 is 0 Å². The highest BCUT2D eigenvalue weighted by molar-refractivity contribution is 5.85. The van der Waals surface area contributed by atoms with Crippen LogP contribution in [0.3, 0.4) is 0 Å². The summed E-state index contributed by atoms with van der Waals surface area (Å²) in [5.74, 6) is 0. The van der Waals surface area contributed by atoms with Crippen LogP contribution in [0.5, 0.6) is 0 Å². The second kappa shape index (κ2) is 8.22. The van der Waals surface area contributed by atoms with Crippen molar-refractivity contribution in [3.63, 3.8) is 0 Å². The Bertz CT molecular complexity index is 485. The lowest BCUT2D eigenvalue weighted by Gasteiger charge is -2.24. The second-order valence-corrected chi connectivity index (χ2v) is 4.34. The predicted octanol–water partition coefficient (Wildman–Crippen LogP) is 1.75. The molecular formula is C12H20Cl2N4O. The first kappa shape index (κ1) is 18.0. The van der Waals surface area contributed by atoms with E-state index in [1.807, 2.05) is 6.20 Å². The van der Waals surface area contributed by atoms with E-state index in [-0.39, 0.29) is 30.3 Å². The second-order valence-electron chi connectivity index (χ2n) is 4.34. The molecule has 0 spiro atoms. The van der Waals surface area contributed by atoms with E-state index in [1.54, 1.807) is 0 Å². The summed E-state index contributed by atoms with van der Waals surface area (Å²) in [7, 11) is 0. The lowest BCUT2D eigenvalue weighted by molar-refractivity contribution is 0.479. The molecule has 1 aromatic carbocycles. The Morgan fingerprint density at radius 2 is 1.89 bits per heavy atom. The van der Waals surface area contributed by atoms with Crippen LogP contribution in [-0.4, -0.2) is 34.8 Å². The van der Waals surface area contributed by atoms with Gasteiger partial charge in [0, 0.05) is 17.1 Å². The maximum Gasteiger partial charge on any atom is 0.0651 e. The number of fused-ring (bicyclic) bond motifs is 1. The van der Waals surface area contributed by atoms with Crippen molar-refractivity contribution in [2.45, 2.75) is 18.9 Å². The fourth-order valence-electron chi connectivity index (χ4n) is 2.23. The summed E-state index contributed by atoms with van der Waals surface area (Å²) in [5.41, 5.74) is 2.29. The molecule has 0 bridgehead atoms. The summed E-state index contributed by atoms with van der Waals surface area (Å²) in [6.07, 6.45) is 4.26. The SMILES string of the molecule is Cl.Cl.O.c1cc2[nH]ncc2cc1NC1CCNCC1. The minimum Gasteiger partial charge on any atom is -0.412 e. The molecule has 1 aliphatic heterocycles. The summed E-state index contributed by atoms with van der Waals surface area (Å²) in [6, 6.07) is 6.94. The maximum absolute atomic E-state index is 4.03. The number of H-pyrrole nitrogens is 1. The summed E-state index contributed by atoms with van der Waals surface area (Å²) in [4.78, 5) is 0. The van der Waals surface area contributed by atoms with Crippen molar-refractivity contribution in [2.24, 2.45) is 0 Å². The molecule has 1 aromatic heterocycles. The van der Waals surface area contributed by atoms with E-state index in [1.165, 1.54) is 23.9 Å². The van der Waals surface area contributed by atoms with Crippen molar-refractivity contribution in [3.8, 4) is 0 Å². The fraction of sp³-hybridized carbons (Fsp3) is 0.417. The number of aromatic nitrogens is 2. The van der Waals surface area contributed by atoms with Gasteiger partial charge >= 0.3 is 0 Å². The Morgan fingerprint density at radius 1 is 1.16 bits per heavy atom. The zero-order valence-electron chi connectivity index (χ0n) is 10.5. The monoisotopic (exact) mass is 306 g/mol. The zero-order chi connectivity index (χ0) is 10.8. The van der Waals surface area contributed by atoms with Gasteiger partial charge in [-0.05, 0) is 44.1 Å². The number of halogens is 2. The number of piperidine rings is 1. The molecule has 5 nitrogen and oxygen atoms in total. The first-order chi connectivity index (χ1) is 7.92. The lowest BCUT2D eigenvalue weighted by Crippen LogP contribution is -2.35. The fourth-order valence-corrected chi connectivity index (χ4v) is 2.23. The van der Waals surface area contributed by atoms with Crippen LogP contribution >= 0.6 is 24.8 Å². The zero-order valence-corrected chi connectivity index (χ0v) is 12.1. The van der Waals surface area contributed by atoms with Gasteiger partial charge in [-0.2, -0.15) is 5.10 Å². The number of benzene rings is 1. The molecule has 2 aromatic rings. The maximum atomic E-state index is 4.03. The topological polar surface area (TPSA) is 84.2 Å². The number of hydrogen-bond donors (Lipinski definition) is 3. The molecule has 0 atom stereocenters. The first-order valence-corrected chi connectivity index (χ1v) is 5.82. The van der Waals surface area contributed by atoms with E-state index >= 15 is 0 Å². The average molecular weight is 307 g/mol. The van der Waals surface area contributed by atoms with Gasteiger partial charge in [-0.1, -0.05) is 0 Å². The van der Waals surface area contributed by atoms with Crippen LogP contribution in [0.1, 0.15) is 12.8 Å². The number of hydrogen-bond acceptors (Lipinski definition) is 3. The quantitative estimate of drug-likeness (QED) is 0.790. The number of anilines is 1. The van der Waals surface area contributed by atoms with Crippen LogP contribution in [0.25, 0.3) is 10.9 Å². The first-order valence-electron chi connectivity index (χ1n) is 5.82. The van der Waals surface area contributed by atoms with Crippen molar-refractivity contribution in [1.29, 1.82) is 0 Å². The number of aromatic amines is 1. The van der Waals surface area contributed by atoms with E-state index in [0.717, 1.165) is 18.6 Å². The summed E-state index contributed by atoms with van der Waals surface area (Å²) < 4.78 is 0. The van der Waals surface area contributed by atoms with Crippen molar-refractivity contribution in [1.82, 2.24) is 15.5 Å². The molecule has 5 N–H and O–H groups in total. The summed E-state index contributed by atoms with van der Waals surface area (Å²) in [5, 5.41) is 15.1. The van der Waals surface area contributed by atoms with Crippen molar-refractivity contribution in [2.75, 3.05) is 18.4 Å². The Hall–Kier alpha value is -1.01. The molecule has 0 saturated carbocycles. The van der Waals surface area contributed by atoms with Crippen LogP contribution in [0.2, 0.25) is 0 Å². The third-order valence-electron chi connectivity index (χ3n) is 3.15. The molecular weight excluding hydrogens is 287 g/mol. The standard InChI is InChI=1S/C12H16N4.2ClH.H2O/c1-2-12-9(8-14-16-12)7-11(1)15-10-3-5-13-6-4-10;;;/h1-2,7-8,10,13,15H,3-6H2,(H,14,16);2*1H;1H2. The molecule has 0 unspecified atom stereocenters. The van der Waals surface area contributed by atoms with Gasteiger partial charge in [-0.25, -0.2) is 0 Å². The molecule has 108 valence electrons. The van der Waals surface area contributed by atoms with Gasteiger partial charge in [-0.3, -0.25) is 5.10 Å². The minimum atomic E-state index is 0. The highest BCUT2D eigenvalue weighted by Gasteiger charge is 2.12. The molecule has 2 heterocycles. The molecule has 1 aliphatic rings. The van der Waals surface area contributed by atoms with Gasteiger partial charge in [0.1, 0.15) is 0 Å². The van der Waals surface area contributed by atoms with Crippen LogP contribution in [0.15, 0.2) is 24.4 Å². The van der Waals surface area contributed by atoms with E-state index in [4.69, 9.17) is 0 Å². The van der Waals surface area contributed by atoms with Gasteiger partial charge in [0.2, 0.25) is 0 Å². The summed E-state index contributed by atoms with van der Waals surface area (Å²) >= 11 is 0. The van der Waals surface area contributed by atoms with Gasteiger partial charge in [0.15, 0.2) is 0 Å². The Kier molecular flexibility index (Phi) is 7.78. The van der Waals surface area contributed by atoms with E-state index in [2.05, 4.69) is 39.0 Å². The normalized spacial score (nSPS) is 14.9. The molecule has 0 radical (unpaired) electrons. The highest BCUT2D eigenvalue weighted by atomic mass is 35.5. The van der Waals surface area contributed by atoms with E-state index in [0.29, 0.717) is 6.04 Å².